The molecule has 21 heavy (non-hydrogen) atoms. The quantitative estimate of drug-likeness (QED) is 0.790. The molecule has 0 radical (unpaired) electrons. The molecule has 0 bridgehead atoms. The topological polar surface area (TPSA) is 37.3 Å². The van der Waals surface area contributed by atoms with Crippen LogP contribution in [0.3, 0.4) is 0 Å². The van der Waals surface area contributed by atoms with Crippen molar-refractivity contribution in [3.05, 3.63) is 23.8 Å². The molecule has 118 valence electrons. The van der Waals surface area contributed by atoms with E-state index < -0.39 is 24.2 Å². The molecule has 0 heterocycles. The Balaban J connectivity index is 1.95. The molecular weight excluding hydrogens is 274 g/mol. The van der Waals surface area contributed by atoms with Gasteiger partial charge in [0.2, 0.25) is 6.43 Å². The van der Waals surface area contributed by atoms with Crippen LogP contribution in [0.15, 0.2) is 23.8 Å². The Morgan fingerprint density at radius 1 is 1.43 bits per heavy atom. The smallest absolute Gasteiger partial charge is 0.309 e. The van der Waals surface area contributed by atoms with Crippen molar-refractivity contribution in [2.45, 2.75) is 58.3 Å². The first-order valence-corrected chi connectivity index (χ1v) is 7.85. The molecule has 0 saturated heterocycles. The van der Waals surface area contributed by atoms with Crippen LogP contribution in [-0.4, -0.2) is 17.5 Å². The van der Waals surface area contributed by atoms with Gasteiger partial charge in [0.15, 0.2) is 0 Å². The number of rotatable bonds is 5. The van der Waals surface area contributed by atoms with Crippen molar-refractivity contribution in [2.24, 2.45) is 17.3 Å². The monoisotopic (exact) mass is 298 g/mol. The van der Waals surface area contributed by atoms with Gasteiger partial charge in [-0.3, -0.25) is 4.79 Å². The zero-order chi connectivity index (χ0) is 15.5. The Labute approximate surface area is 124 Å². The number of hydrogen-bond acceptors (Lipinski definition) is 1. The zero-order valence-electron chi connectivity index (χ0n) is 12.5. The maximum Gasteiger partial charge on any atom is 0.309 e. The van der Waals surface area contributed by atoms with Gasteiger partial charge in [-0.05, 0) is 50.4 Å². The van der Waals surface area contributed by atoms with E-state index in [1.165, 1.54) is 5.57 Å². The number of allylic oxidation sites excluding steroid dienone is 4. The van der Waals surface area contributed by atoms with E-state index in [1.807, 2.05) is 0 Å². The lowest BCUT2D eigenvalue weighted by atomic mass is 9.65. The largest absolute Gasteiger partial charge is 0.481 e. The first-order chi connectivity index (χ1) is 9.97. The van der Waals surface area contributed by atoms with Crippen molar-refractivity contribution >= 4 is 5.97 Å². The van der Waals surface area contributed by atoms with Crippen LogP contribution in [0.5, 0.6) is 0 Å². The molecule has 1 saturated carbocycles. The molecular formula is C17H24F2O2. The van der Waals surface area contributed by atoms with Crippen molar-refractivity contribution in [3.63, 3.8) is 0 Å². The maximum atomic E-state index is 12.7. The van der Waals surface area contributed by atoms with Crippen molar-refractivity contribution in [2.75, 3.05) is 0 Å². The Bertz CT molecular complexity index is 432. The van der Waals surface area contributed by atoms with Crippen LogP contribution in [0.2, 0.25) is 0 Å². The second kappa shape index (κ2) is 6.71. The highest BCUT2D eigenvalue weighted by Gasteiger charge is 2.44. The van der Waals surface area contributed by atoms with Gasteiger partial charge in [-0.2, -0.15) is 0 Å². The highest BCUT2D eigenvalue weighted by atomic mass is 19.3. The third kappa shape index (κ3) is 3.72. The molecule has 4 heteroatoms. The SMILES string of the molecule is CCC1=CCC([C@H]2CC[C@](CC(F)F)(C(=O)O)CC2)C=C1. The summed E-state index contributed by atoms with van der Waals surface area (Å²) < 4.78 is 25.4. The average Bonchev–Trinajstić information content (AvgIpc) is 2.47. The van der Waals surface area contributed by atoms with Gasteiger partial charge in [-0.15, -0.1) is 0 Å². The van der Waals surface area contributed by atoms with Crippen LogP contribution in [0.25, 0.3) is 0 Å². The van der Waals surface area contributed by atoms with Gasteiger partial charge >= 0.3 is 5.97 Å². The summed E-state index contributed by atoms with van der Waals surface area (Å²) in [6, 6.07) is 0. The molecule has 1 N–H and O–H groups in total. The molecule has 1 unspecified atom stereocenters. The summed E-state index contributed by atoms with van der Waals surface area (Å²) in [5.41, 5.74) is 0.146. The summed E-state index contributed by atoms with van der Waals surface area (Å²) in [7, 11) is 0. The fourth-order valence-electron chi connectivity index (χ4n) is 3.71. The number of aliphatic carboxylic acids is 1. The molecule has 0 aromatic rings. The van der Waals surface area contributed by atoms with E-state index in [9.17, 15) is 18.7 Å². The lowest BCUT2D eigenvalue weighted by molar-refractivity contribution is -0.155. The summed E-state index contributed by atoms with van der Waals surface area (Å²) in [6.45, 7) is 2.13. The van der Waals surface area contributed by atoms with E-state index in [4.69, 9.17) is 0 Å². The molecule has 2 nitrogen and oxygen atoms in total. The van der Waals surface area contributed by atoms with Gasteiger partial charge in [0, 0.05) is 6.42 Å². The van der Waals surface area contributed by atoms with Crippen LogP contribution in [0.4, 0.5) is 8.78 Å². The van der Waals surface area contributed by atoms with E-state index in [1.54, 1.807) is 0 Å². The number of hydrogen-bond donors (Lipinski definition) is 1. The molecule has 2 aliphatic carbocycles. The fraction of sp³-hybridized carbons (Fsp3) is 0.706. The van der Waals surface area contributed by atoms with Gasteiger partial charge < -0.3 is 5.11 Å². The Morgan fingerprint density at radius 2 is 2.10 bits per heavy atom. The Hall–Kier alpha value is -1.19. The van der Waals surface area contributed by atoms with Crippen molar-refractivity contribution in [1.29, 1.82) is 0 Å². The van der Waals surface area contributed by atoms with Crippen LogP contribution < -0.4 is 0 Å². The molecule has 0 amide bonds. The second-order valence-electron chi connectivity index (χ2n) is 6.41. The number of carbonyl (C=O) groups is 1. The molecule has 0 aromatic heterocycles. The van der Waals surface area contributed by atoms with E-state index >= 15 is 0 Å². The minimum Gasteiger partial charge on any atom is -0.481 e. The average molecular weight is 298 g/mol. The van der Waals surface area contributed by atoms with Gasteiger partial charge in [-0.1, -0.05) is 30.7 Å². The minimum atomic E-state index is -2.54. The first-order valence-electron chi connectivity index (χ1n) is 7.85. The highest BCUT2D eigenvalue weighted by Crippen LogP contribution is 2.46. The number of alkyl halides is 2. The molecule has 2 rings (SSSR count). The van der Waals surface area contributed by atoms with Gasteiger partial charge in [0.1, 0.15) is 0 Å². The lowest BCUT2D eigenvalue weighted by Gasteiger charge is -2.39. The molecule has 0 aromatic carbocycles. The standard InChI is InChI=1S/C17H24F2O2/c1-2-12-3-5-13(6-4-12)14-7-9-17(10-8-14,16(20)21)11-15(18)19/h3-5,13-15H,2,6-11H2,1H3,(H,20,21)/t13?,14-,17-. The van der Waals surface area contributed by atoms with Crippen LogP contribution in [0.1, 0.15) is 51.9 Å². The third-order valence-corrected chi connectivity index (χ3v) is 5.21. The number of carboxylic acids is 1. The first kappa shape index (κ1) is 16.2. The normalized spacial score (nSPS) is 33.0. The number of halogens is 2. The maximum absolute atomic E-state index is 12.7. The molecule has 1 atom stereocenters. The molecule has 0 aliphatic heterocycles. The summed E-state index contributed by atoms with van der Waals surface area (Å²) in [6.07, 6.45) is 7.87. The summed E-state index contributed by atoms with van der Waals surface area (Å²) in [5, 5.41) is 9.34. The van der Waals surface area contributed by atoms with Crippen molar-refractivity contribution in [3.8, 4) is 0 Å². The Morgan fingerprint density at radius 3 is 2.52 bits per heavy atom. The lowest BCUT2D eigenvalue weighted by Crippen LogP contribution is -2.38. The zero-order valence-corrected chi connectivity index (χ0v) is 12.5. The predicted molar refractivity (Wildman–Crippen MR) is 78.3 cm³/mol. The van der Waals surface area contributed by atoms with Crippen molar-refractivity contribution < 1.29 is 18.7 Å². The van der Waals surface area contributed by atoms with E-state index in [0.29, 0.717) is 24.7 Å². The molecule has 2 aliphatic rings. The van der Waals surface area contributed by atoms with Gasteiger partial charge in [-0.25, -0.2) is 8.78 Å². The summed E-state index contributed by atoms with van der Waals surface area (Å²) >= 11 is 0. The van der Waals surface area contributed by atoms with Gasteiger partial charge in [0.05, 0.1) is 5.41 Å². The highest BCUT2D eigenvalue weighted by molar-refractivity contribution is 5.74. The summed E-state index contributed by atoms with van der Waals surface area (Å²) in [4.78, 5) is 11.4. The summed E-state index contributed by atoms with van der Waals surface area (Å²) in [5.74, 6) is -0.173. The molecule has 0 spiro atoms. The second-order valence-corrected chi connectivity index (χ2v) is 6.41. The fourth-order valence-corrected chi connectivity index (χ4v) is 3.71. The minimum absolute atomic E-state index is 0.381. The van der Waals surface area contributed by atoms with E-state index in [-0.39, 0.29) is 0 Å². The van der Waals surface area contributed by atoms with E-state index in [2.05, 4.69) is 25.2 Å². The van der Waals surface area contributed by atoms with Crippen LogP contribution in [0, 0.1) is 17.3 Å². The molecule has 1 fully saturated rings. The predicted octanol–water partition coefficient (Wildman–Crippen LogP) is 4.82. The van der Waals surface area contributed by atoms with Crippen LogP contribution in [-0.2, 0) is 4.79 Å². The third-order valence-electron chi connectivity index (χ3n) is 5.21. The van der Waals surface area contributed by atoms with Gasteiger partial charge in [0.25, 0.3) is 0 Å². The number of carboxylic acid groups (broad SMARTS) is 1. The van der Waals surface area contributed by atoms with Crippen LogP contribution >= 0.6 is 0 Å². The van der Waals surface area contributed by atoms with Crippen molar-refractivity contribution in [1.82, 2.24) is 0 Å². The van der Waals surface area contributed by atoms with E-state index in [0.717, 1.165) is 25.7 Å². The Kier molecular flexibility index (Phi) is 5.17.